The molecule has 1 heterocycles. The van der Waals surface area contributed by atoms with E-state index in [9.17, 15) is 10.1 Å². The number of nitro benzene ring substituents is 1. The summed E-state index contributed by atoms with van der Waals surface area (Å²) in [5.41, 5.74) is 3.28. The number of non-ortho nitro benzene ring substituents is 1. The van der Waals surface area contributed by atoms with Crippen LogP contribution < -0.4 is 10.7 Å². The minimum Gasteiger partial charge on any atom is -0.353 e. The minimum atomic E-state index is -0.468. The maximum atomic E-state index is 10.5. The molecule has 8 heteroatoms. The zero-order valence-corrected chi connectivity index (χ0v) is 10.0. The maximum Gasteiger partial charge on any atom is 0.269 e. The highest BCUT2D eigenvalue weighted by molar-refractivity contribution is 6.69. The second kappa shape index (κ2) is 5.46. The van der Waals surface area contributed by atoms with E-state index >= 15 is 0 Å². The number of aliphatic imine (C=N–C) groups is 1. The van der Waals surface area contributed by atoms with Gasteiger partial charge in [0.2, 0.25) is 5.96 Å². The molecule has 1 aromatic carbocycles. The number of hydrogen-bond acceptors (Lipinski definition) is 6. The van der Waals surface area contributed by atoms with Crippen LogP contribution in [0.25, 0.3) is 0 Å². The van der Waals surface area contributed by atoms with E-state index in [1.54, 1.807) is 0 Å². The van der Waals surface area contributed by atoms with Gasteiger partial charge in [-0.3, -0.25) is 10.1 Å². The molecule has 0 amide bonds. The van der Waals surface area contributed by atoms with E-state index in [2.05, 4.69) is 20.8 Å². The Hall–Kier alpha value is -2.15. The first kappa shape index (κ1) is 12.3. The monoisotopic (exact) mass is 267 g/mol. The van der Waals surface area contributed by atoms with Gasteiger partial charge in [0.05, 0.1) is 11.5 Å². The molecule has 0 bridgehead atoms. The van der Waals surface area contributed by atoms with Gasteiger partial charge in [-0.15, -0.1) is 0 Å². The quantitative estimate of drug-likeness (QED) is 0.486. The van der Waals surface area contributed by atoms with Gasteiger partial charge < -0.3 is 5.32 Å². The van der Waals surface area contributed by atoms with E-state index in [-0.39, 0.29) is 10.9 Å². The number of nitrogens with one attached hydrogen (secondary N) is 2. The molecule has 0 aromatic heterocycles. The molecule has 94 valence electrons. The SMILES string of the molecule is O=[N+]([O-])c1ccc(/C(Cl)=N/NC2=NCCN2)cc1. The topological polar surface area (TPSA) is 91.9 Å². The zero-order valence-electron chi connectivity index (χ0n) is 9.26. The number of guanidine groups is 1. The van der Waals surface area contributed by atoms with E-state index in [0.717, 1.165) is 6.54 Å². The van der Waals surface area contributed by atoms with Crippen LogP contribution in [0.1, 0.15) is 5.56 Å². The van der Waals surface area contributed by atoms with E-state index in [1.807, 2.05) is 0 Å². The lowest BCUT2D eigenvalue weighted by Gasteiger charge is -2.02. The molecular weight excluding hydrogens is 258 g/mol. The second-order valence-electron chi connectivity index (χ2n) is 3.48. The molecule has 0 saturated heterocycles. The average molecular weight is 268 g/mol. The van der Waals surface area contributed by atoms with Crippen LogP contribution in [0.2, 0.25) is 0 Å². The summed E-state index contributed by atoms with van der Waals surface area (Å²) in [5, 5.41) is 17.6. The summed E-state index contributed by atoms with van der Waals surface area (Å²) in [6.45, 7) is 1.47. The van der Waals surface area contributed by atoms with Gasteiger partial charge in [0, 0.05) is 24.2 Å². The van der Waals surface area contributed by atoms with E-state index in [1.165, 1.54) is 24.3 Å². The van der Waals surface area contributed by atoms with Gasteiger partial charge in [-0.2, -0.15) is 5.10 Å². The van der Waals surface area contributed by atoms with E-state index in [0.29, 0.717) is 18.1 Å². The van der Waals surface area contributed by atoms with Crippen molar-refractivity contribution in [3.8, 4) is 0 Å². The molecule has 1 aromatic rings. The molecule has 1 aliphatic heterocycles. The fraction of sp³-hybridized carbons (Fsp3) is 0.200. The van der Waals surface area contributed by atoms with Gasteiger partial charge in [-0.1, -0.05) is 11.6 Å². The Morgan fingerprint density at radius 3 is 2.78 bits per heavy atom. The highest BCUT2D eigenvalue weighted by atomic mass is 35.5. The normalized spacial score (nSPS) is 14.9. The minimum absolute atomic E-state index is 0.0120. The molecule has 0 saturated carbocycles. The van der Waals surface area contributed by atoms with Gasteiger partial charge in [0.15, 0.2) is 5.17 Å². The molecule has 18 heavy (non-hydrogen) atoms. The second-order valence-corrected chi connectivity index (χ2v) is 3.83. The van der Waals surface area contributed by atoms with Crippen molar-refractivity contribution in [2.24, 2.45) is 10.1 Å². The Bertz CT molecular complexity index is 512. The first-order valence-electron chi connectivity index (χ1n) is 5.19. The lowest BCUT2D eigenvalue weighted by Crippen LogP contribution is -2.30. The smallest absolute Gasteiger partial charge is 0.269 e. The largest absolute Gasteiger partial charge is 0.353 e. The Morgan fingerprint density at radius 2 is 2.22 bits per heavy atom. The van der Waals surface area contributed by atoms with Gasteiger partial charge in [-0.25, -0.2) is 10.4 Å². The molecule has 1 aliphatic rings. The van der Waals surface area contributed by atoms with Crippen molar-refractivity contribution < 1.29 is 4.92 Å². The fourth-order valence-electron chi connectivity index (χ4n) is 1.36. The van der Waals surface area contributed by atoms with Crippen molar-refractivity contribution in [1.29, 1.82) is 0 Å². The van der Waals surface area contributed by atoms with Gasteiger partial charge in [0.25, 0.3) is 5.69 Å². The van der Waals surface area contributed by atoms with Crippen molar-refractivity contribution in [2.45, 2.75) is 0 Å². The Labute approximate surface area is 108 Å². The van der Waals surface area contributed by atoms with Crippen LogP contribution in [0.3, 0.4) is 0 Å². The van der Waals surface area contributed by atoms with Crippen LogP contribution >= 0.6 is 11.6 Å². The van der Waals surface area contributed by atoms with Crippen molar-refractivity contribution in [3.05, 3.63) is 39.9 Å². The first-order valence-corrected chi connectivity index (χ1v) is 5.57. The van der Waals surface area contributed by atoms with Crippen molar-refractivity contribution in [1.82, 2.24) is 10.7 Å². The van der Waals surface area contributed by atoms with Crippen molar-refractivity contribution in [2.75, 3.05) is 13.1 Å². The molecule has 0 unspecified atom stereocenters. The lowest BCUT2D eigenvalue weighted by atomic mass is 10.2. The molecule has 2 N–H and O–H groups in total. The van der Waals surface area contributed by atoms with Gasteiger partial charge >= 0.3 is 0 Å². The summed E-state index contributed by atoms with van der Waals surface area (Å²) >= 11 is 5.95. The lowest BCUT2D eigenvalue weighted by molar-refractivity contribution is -0.384. The summed E-state index contributed by atoms with van der Waals surface area (Å²) in [6, 6.07) is 5.82. The molecule has 2 rings (SSSR count). The van der Waals surface area contributed by atoms with E-state index < -0.39 is 4.92 Å². The number of benzene rings is 1. The molecule has 7 nitrogen and oxygen atoms in total. The molecule has 0 atom stereocenters. The number of hydrazone groups is 1. The molecule has 0 radical (unpaired) electrons. The highest BCUT2D eigenvalue weighted by Crippen LogP contribution is 2.13. The zero-order chi connectivity index (χ0) is 13.0. The number of nitrogens with zero attached hydrogens (tertiary/aromatic N) is 3. The predicted octanol–water partition coefficient (Wildman–Crippen LogP) is 1.04. The van der Waals surface area contributed by atoms with Crippen LogP contribution in [-0.2, 0) is 0 Å². The summed E-state index contributed by atoms with van der Waals surface area (Å²) in [5.74, 6) is 0.565. The first-order chi connectivity index (χ1) is 8.66. The Morgan fingerprint density at radius 1 is 1.50 bits per heavy atom. The number of halogens is 1. The number of rotatable bonds is 3. The third-order valence-electron chi connectivity index (χ3n) is 2.25. The van der Waals surface area contributed by atoms with Crippen LogP contribution in [-0.4, -0.2) is 29.1 Å². The van der Waals surface area contributed by atoms with Gasteiger partial charge in [-0.05, 0) is 12.1 Å². The fourth-order valence-corrected chi connectivity index (χ4v) is 1.53. The van der Waals surface area contributed by atoms with Crippen LogP contribution in [0.15, 0.2) is 34.4 Å². The maximum absolute atomic E-state index is 10.5. The van der Waals surface area contributed by atoms with Crippen LogP contribution in [0.4, 0.5) is 5.69 Å². The number of hydrogen-bond donors (Lipinski definition) is 2. The summed E-state index contributed by atoms with van der Waals surface area (Å²) in [7, 11) is 0. The third-order valence-corrected chi connectivity index (χ3v) is 2.55. The summed E-state index contributed by atoms with van der Waals surface area (Å²) in [6.07, 6.45) is 0. The predicted molar refractivity (Wildman–Crippen MR) is 68.9 cm³/mol. The van der Waals surface area contributed by atoms with Crippen LogP contribution in [0.5, 0.6) is 0 Å². The molecule has 0 spiro atoms. The van der Waals surface area contributed by atoms with Gasteiger partial charge in [0.1, 0.15) is 0 Å². The van der Waals surface area contributed by atoms with Crippen molar-refractivity contribution in [3.63, 3.8) is 0 Å². The van der Waals surface area contributed by atoms with Crippen molar-refractivity contribution >= 4 is 28.4 Å². The number of nitro groups is 1. The Kier molecular flexibility index (Phi) is 3.73. The molecular formula is C10H10ClN5O2. The third kappa shape index (κ3) is 2.95. The summed E-state index contributed by atoms with van der Waals surface area (Å²) < 4.78 is 0. The van der Waals surface area contributed by atoms with E-state index in [4.69, 9.17) is 11.6 Å². The Balaban J connectivity index is 2.05. The highest BCUT2D eigenvalue weighted by Gasteiger charge is 2.07. The molecule has 0 aliphatic carbocycles. The molecule has 0 fully saturated rings. The average Bonchev–Trinajstić information content (AvgIpc) is 2.89. The standard InChI is InChI=1S/C10H10ClN5O2/c11-9(14-15-10-12-5-6-13-10)7-1-3-8(4-2-7)16(17)18/h1-4H,5-6H2,(H2,12,13,15)/b14-9-. The van der Waals surface area contributed by atoms with Crippen LogP contribution in [0, 0.1) is 10.1 Å². The summed E-state index contributed by atoms with van der Waals surface area (Å²) in [4.78, 5) is 14.1.